The predicted molar refractivity (Wildman–Crippen MR) is 129 cm³/mol. The maximum absolute atomic E-state index is 12.9. The van der Waals surface area contributed by atoms with E-state index in [1.165, 1.54) is 23.1 Å². The summed E-state index contributed by atoms with van der Waals surface area (Å²) in [6.07, 6.45) is 7.75. The first-order valence-corrected chi connectivity index (χ1v) is 11.7. The standard InChI is InChI=1S/C26H25N3O2S/c1-17-13-14-27-22(16-17)28-24(18-8-3-2-4-9-18)23-19-10-5-6-12-21(19)32-26(23)29-25(30)20-11-7-15-31-20/h2-4,7-9,11,13-16,24H,5-6,10,12H2,1H3,(H,27,28)(H,29,30)/t24-/m1/s1. The number of aromatic nitrogens is 1. The Labute approximate surface area is 191 Å². The number of fused-ring (bicyclic) bond motifs is 1. The van der Waals surface area contributed by atoms with Crippen molar-refractivity contribution in [3.05, 3.63) is 99.9 Å². The van der Waals surface area contributed by atoms with E-state index in [9.17, 15) is 4.79 Å². The van der Waals surface area contributed by atoms with Crippen molar-refractivity contribution in [2.45, 2.75) is 38.6 Å². The third-order valence-corrected chi connectivity index (χ3v) is 7.04. The summed E-state index contributed by atoms with van der Waals surface area (Å²) in [6, 6.07) is 17.7. The number of benzene rings is 1. The van der Waals surface area contributed by atoms with Crippen LogP contribution in [0.2, 0.25) is 0 Å². The van der Waals surface area contributed by atoms with Gasteiger partial charge in [-0.3, -0.25) is 4.79 Å². The lowest BCUT2D eigenvalue weighted by Crippen LogP contribution is -2.18. The van der Waals surface area contributed by atoms with E-state index in [4.69, 9.17) is 4.42 Å². The molecule has 0 saturated carbocycles. The van der Waals surface area contributed by atoms with Crippen LogP contribution < -0.4 is 10.6 Å². The van der Waals surface area contributed by atoms with Crippen molar-refractivity contribution in [3.63, 3.8) is 0 Å². The van der Waals surface area contributed by atoms with Gasteiger partial charge < -0.3 is 15.1 Å². The molecule has 0 aliphatic heterocycles. The molecule has 5 rings (SSSR count). The number of amides is 1. The first-order chi connectivity index (χ1) is 15.7. The maximum Gasteiger partial charge on any atom is 0.291 e. The number of hydrogen-bond donors (Lipinski definition) is 2. The Morgan fingerprint density at radius 1 is 1.09 bits per heavy atom. The van der Waals surface area contributed by atoms with E-state index in [0.29, 0.717) is 5.76 Å². The number of anilines is 2. The van der Waals surface area contributed by atoms with Crippen molar-refractivity contribution in [3.8, 4) is 0 Å². The van der Waals surface area contributed by atoms with Crippen LogP contribution in [0.25, 0.3) is 0 Å². The van der Waals surface area contributed by atoms with E-state index in [2.05, 4.69) is 40.7 Å². The Morgan fingerprint density at radius 3 is 2.72 bits per heavy atom. The minimum atomic E-state index is -0.227. The monoisotopic (exact) mass is 443 g/mol. The number of hydrogen-bond acceptors (Lipinski definition) is 5. The zero-order valence-electron chi connectivity index (χ0n) is 17.9. The topological polar surface area (TPSA) is 67.2 Å². The van der Waals surface area contributed by atoms with Gasteiger partial charge in [-0.15, -0.1) is 11.3 Å². The number of carbonyl (C=O) groups excluding carboxylic acids is 1. The van der Waals surface area contributed by atoms with Gasteiger partial charge in [0.1, 0.15) is 10.8 Å². The zero-order valence-corrected chi connectivity index (χ0v) is 18.7. The molecule has 0 bridgehead atoms. The van der Waals surface area contributed by atoms with Gasteiger partial charge in [0.25, 0.3) is 5.91 Å². The predicted octanol–water partition coefficient (Wildman–Crippen LogP) is 6.38. The second-order valence-electron chi connectivity index (χ2n) is 8.09. The second kappa shape index (κ2) is 9.01. The van der Waals surface area contributed by atoms with E-state index in [1.807, 2.05) is 30.5 Å². The molecule has 32 heavy (non-hydrogen) atoms. The molecule has 1 atom stereocenters. The van der Waals surface area contributed by atoms with Crippen molar-refractivity contribution in [2.75, 3.05) is 10.6 Å². The summed E-state index contributed by atoms with van der Waals surface area (Å²) in [4.78, 5) is 18.8. The van der Waals surface area contributed by atoms with Crippen LogP contribution in [0.4, 0.5) is 10.8 Å². The average Bonchev–Trinajstić information content (AvgIpc) is 3.46. The zero-order chi connectivity index (χ0) is 21.9. The summed E-state index contributed by atoms with van der Waals surface area (Å²) < 4.78 is 5.33. The highest BCUT2D eigenvalue weighted by Crippen LogP contribution is 2.44. The van der Waals surface area contributed by atoms with E-state index < -0.39 is 0 Å². The molecule has 3 aromatic heterocycles. The van der Waals surface area contributed by atoms with Crippen LogP contribution in [0.15, 0.2) is 71.5 Å². The lowest BCUT2D eigenvalue weighted by atomic mass is 9.89. The molecule has 6 heteroatoms. The smallest absolute Gasteiger partial charge is 0.291 e. The molecular weight excluding hydrogens is 418 g/mol. The SMILES string of the molecule is Cc1ccnc(N[C@H](c2ccccc2)c2c(NC(=O)c3ccco3)sc3c2CCCC3)c1. The minimum Gasteiger partial charge on any atom is -0.459 e. The van der Waals surface area contributed by atoms with Gasteiger partial charge >= 0.3 is 0 Å². The van der Waals surface area contributed by atoms with Crippen LogP contribution in [0.3, 0.4) is 0 Å². The minimum absolute atomic E-state index is 0.129. The molecule has 1 amide bonds. The van der Waals surface area contributed by atoms with E-state index in [-0.39, 0.29) is 11.9 Å². The first-order valence-electron chi connectivity index (χ1n) is 10.9. The Bertz CT molecular complexity index is 1220. The molecule has 0 radical (unpaired) electrons. The number of pyridine rings is 1. The Balaban J connectivity index is 1.61. The van der Waals surface area contributed by atoms with E-state index >= 15 is 0 Å². The van der Waals surface area contributed by atoms with Gasteiger partial charge in [0.15, 0.2) is 5.76 Å². The number of thiophene rings is 1. The largest absolute Gasteiger partial charge is 0.459 e. The molecular formula is C26H25N3O2S. The Kier molecular flexibility index (Phi) is 5.77. The molecule has 2 N–H and O–H groups in total. The molecule has 4 aromatic rings. The summed E-state index contributed by atoms with van der Waals surface area (Å²) in [7, 11) is 0. The third kappa shape index (κ3) is 4.18. The molecule has 5 nitrogen and oxygen atoms in total. The van der Waals surface area contributed by atoms with Gasteiger partial charge in [0, 0.05) is 16.6 Å². The molecule has 3 heterocycles. The van der Waals surface area contributed by atoms with Gasteiger partial charge in [-0.05, 0) is 73.6 Å². The van der Waals surface area contributed by atoms with Crippen LogP contribution >= 0.6 is 11.3 Å². The van der Waals surface area contributed by atoms with Crippen molar-refractivity contribution in [1.29, 1.82) is 0 Å². The van der Waals surface area contributed by atoms with Crippen molar-refractivity contribution in [1.82, 2.24) is 4.98 Å². The summed E-state index contributed by atoms with van der Waals surface area (Å²) in [6.45, 7) is 2.06. The fourth-order valence-electron chi connectivity index (χ4n) is 4.29. The highest BCUT2D eigenvalue weighted by atomic mass is 32.1. The van der Waals surface area contributed by atoms with Gasteiger partial charge in [0.2, 0.25) is 0 Å². The first kappa shape index (κ1) is 20.5. The van der Waals surface area contributed by atoms with Crippen LogP contribution in [-0.4, -0.2) is 10.9 Å². The maximum atomic E-state index is 12.9. The van der Waals surface area contributed by atoms with Crippen molar-refractivity contribution in [2.24, 2.45) is 0 Å². The normalized spacial score (nSPS) is 13.9. The quantitative estimate of drug-likeness (QED) is 0.363. The van der Waals surface area contributed by atoms with Crippen molar-refractivity contribution < 1.29 is 9.21 Å². The number of furan rings is 1. The van der Waals surface area contributed by atoms with Crippen LogP contribution in [-0.2, 0) is 12.8 Å². The van der Waals surface area contributed by atoms with Gasteiger partial charge in [0.05, 0.1) is 12.3 Å². The third-order valence-electron chi connectivity index (χ3n) is 5.81. The molecule has 162 valence electrons. The van der Waals surface area contributed by atoms with Crippen LogP contribution in [0, 0.1) is 6.92 Å². The molecule has 0 saturated heterocycles. The molecule has 1 aromatic carbocycles. The number of rotatable bonds is 6. The molecule has 0 unspecified atom stereocenters. The number of carbonyl (C=O) groups is 1. The lowest BCUT2D eigenvalue weighted by Gasteiger charge is -2.24. The Morgan fingerprint density at radius 2 is 1.94 bits per heavy atom. The fourth-order valence-corrected chi connectivity index (χ4v) is 5.61. The number of aryl methyl sites for hydroxylation is 2. The molecule has 0 fully saturated rings. The summed E-state index contributed by atoms with van der Waals surface area (Å²) in [5.41, 5.74) is 4.77. The molecule has 0 spiro atoms. The fraction of sp³-hybridized carbons (Fsp3) is 0.231. The van der Waals surface area contributed by atoms with E-state index in [0.717, 1.165) is 46.8 Å². The summed E-state index contributed by atoms with van der Waals surface area (Å²) in [5.74, 6) is 0.903. The summed E-state index contributed by atoms with van der Waals surface area (Å²) in [5, 5.41) is 7.68. The highest BCUT2D eigenvalue weighted by molar-refractivity contribution is 7.16. The van der Waals surface area contributed by atoms with Crippen molar-refractivity contribution >= 4 is 28.1 Å². The van der Waals surface area contributed by atoms with Crippen LogP contribution in [0.1, 0.15) is 56.6 Å². The average molecular weight is 444 g/mol. The molecule has 1 aliphatic rings. The molecule has 1 aliphatic carbocycles. The van der Waals surface area contributed by atoms with Gasteiger partial charge in [-0.25, -0.2) is 4.98 Å². The van der Waals surface area contributed by atoms with Crippen LogP contribution in [0.5, 0.6) is 0 Å². The van der Waals surface area contributed by atoms with Gasteiger partial charge in [-0.1, -0.05) is 30.3 Å². The Hall–Kier alpha value is -3.38. The lowest BCUT2D eigenvalue weighted by molar-refractivity contribution is 0.0997. The van der Waals surface area contributed by atoms with Gasteiger partial charge in [-0.2, -0.15) is 0 Å². The second-order valence-corrected chi connectivity index (χ2v) is 9.20. The summed E-state index contributed by atoms with van der Waals surface area (Å²) >= 11 is 1.69. The highest BCUT2D eigenvalue weighted by Gasteiger charge is 2.29. The number of nitrogens with zero attached hydrogens (tertiary/aromatic N) is 1. The van der Waals surface area contributed by atoms with E-state index in [1.54, 1.807) is 23.5 Å². The number of nitrogens with one attached hydrogen (secondary N) is 2.